The van der Waals surface area contributed by atoms with Crippen LogP contribution >= 0.6 is 0 Å². The molecule has 1 saturated heterocycles. The van der Waals surface area contributed by atoms with Crippen LogP contribution in [-0.2, 0) is 0 Å². The molecule has 2 fully saturated rings. The van der Waals surface area contributed by atoms with Crippen molar-refractivity contribution in [3.05, 3.63) is 0 Å². The van der Waals surface area contributed by atoms with Gasteiger partial charge in [0, 0.05) is 12.1 Å². The average molecular weight is 209 g/mol. The van der Waals surface area contributed by atoms with Gasteiger partial charge in [0.15, 0.2) is 0 Å². The van der Waals surface area contributed by atoms with Crippen LogP contribution < -0.4 is 0 Å². The maximum Gasteiger partial charge on any atom is 0.0125 e. The molecule has 0 N–H and O–H groups in total. The van der Waals surface area contributed by atoms with E-state index in [1.807, 2.05) is 0 Å². The summed E-state index contributed by atoms with van der Waals surface area (Å²) in [4.78, 5) is 2.73. The Hall–Kier alpha value is -0.0400. The molecule has 2 bridgehead atoms. The summed E-state index contributed by atoms with van der Waals surface area (Å²) in [5.41, 5.74) is 0.381. The third kappa shape index (κ3) is 2.96. The van der Waals surface area contributed by atoms with Gasteiger partial charge >= 0.3 is 0 Å². The van der Waals surface area contributed by atoms with E-state index in [-0.39, 0.29) is 0 Å². The second-order valence-electron chi connectivity index (χ2n) is 6.66. The van der Waals surface area contributed by atoms with Crippen LogP contribution in [0.2, 0.25) is 0 Å². The molecule has 0 aromatic carbocycles. The molecule has 1 heteroatoms. The Bertz CT molecular complexity index is 204. The monoisotopic (exact) mass is 209 g/mol. The number of rotatable bonds is 0. The van der Waals surface area contributed by atoms with E-state index in [4.69, 9.17) is 0 Å². The molecular formula is C14H27N. The summed E-state index contributed by atoms with van der Waals surface area (Å²) in [6.07, 6.45) is 8.95. The summed E-state index contributed by atoms with van der Waals surface area (Å²) in [6, 6.07) is 0. The Morgan fingerprint density at radius 2 is 1.60 bits per heavy atom. The van der Waals surface area contributed by atoms with Crippen LogP contribution in [0, 0.1) is 11.8 Å². The van der Waals surface area contributed by atoms with Crippen LogP contribution in [0.1, 0.15) is 59.3 Å². The van der Waals surface area contributed by atoms with Gasteiger partial charge in [0.2, 0.25) is 0 Å². The maximum atomic E-state index is 2.73. The third-order valence-electron chi connectivity index (χ3n) is 4.38. The van der Waals surface area contributed by atoms with Crippen LogP contribution in [0.15, 0.2) is 0 Å². The van der Waals surface area contributed by atoms with Gasteiger partial charge in [-0.1, -0.05) is 19.3 Å². The van der Waals surface area contributed by atoms with Crippen molar-refractivity contribution in [3.8, 4) is 0 Å². The first-order valence-electron chi connectivity index (χ1n) is 6.81. The van der Waals surface area contributed by atoms with Gasteiger partial charge in [0.25, 0.3) is 0 Å². The molecule has 1 nitrogen and oxygen atoms in total. The highest BCUT2D eigenvalue weighted by Crippen LogP contribution is 2.34. The first-order chi connectivity index (χ1) is 7.05. The topological polar surface area (TPSA) is 3.24 Å². The molecule has 0 radical (unpaired) electrons. The van der Waals surface area contributed by atoms with Crippen LogP contribution in [0.5, 0.6) is 0 Å². The lowest BCUT2D eigenvalue weighted by Crippen LogP contribution is -2.43. The van der Waals surface area contributed by atoms with E-state index >= 15 is 0 Å². The molecule has 2 atom stereocenters. The van der Waals surface area contributed by atoms with Crippen molar-refractivity contribution in [2.75, 3.05) is 13.1 Å². The van der Waals surface area contributed by atoms with E-state index < -0.39 is 0 Å². The predicted molar refractivity (Wildman–Crippen MR) is 66.0 cm³/mol. The van der Waals surface area contributed by atoms with Gasteiger partial charge in [-0.05, 0) is 58.4 Å². The van der Waals surface area contributed by atoms with E-state index in [0.717, 1.165) is 11.8 Å². The zero-order valence-electron chi connectivity index (χ0n) is 10.8. The average Bonchev–Trinajstić information content (AvgIpc) is 2.47. The normalized spacial score (nSPS) is 34.6. The lowest BCUT2D eigenvalue weighted by molar-refractivity contribution is 0.120. The number of hydrogen-bond donors (Lipinski definition) is 0. The molecule has 0 aromatic rings. The van der Waals surface area contributed by atoms with Gasteiger partial charge in [-0.25, -0.2) is 0 Å². The number of nitrogens with zero attached hydrogens (tertiary/aromatic N) is 1. The van der Waals surface area contributed by atoms with E-state index in [1.54, 1.807) is 0 Å². The number of fused-ring (bicyclic) bond motifs is 2. The molecule has 1 saturated carbocycles. The molecule has 2 rings (SSSR count). The van der Waals surface area contributed by atoms with Crippen molar-refractivity contribution in [1.82, 2.24) is 4.90 Å². The molecule has 2 aliphatic rings. The SMILES string of the molecule is CC(C)(C)N1CCC2CCCCC(C2)C1. The Morgan fingerprint density at radius 1 is 0.933 bits per heavy atom. The number of hydrogen-bond acceptors (Lipinski definition) is 1. The summed E-state index contributed by atoms with van der Waals surface area (Å²) in [5, 5.41) is 0. The van der Waals surface area contributed by atoms with E-state index in [9.17, 15) is 0 Å². The van der Waals surface area contributed by atoms with E-state index in [2.05, 4.69) is 25.7 Å². The zero-order chi connectivity index (χ0) is 10.9. The van der Waals surface area contributed by atoms with Crippen molar-refractivity contribution < 1.29 is 0 Å². The Kier molecular flexibility index (Phi) is 3.39. The minimum Gasteiger partial charge on any atom is -0.298 e. The smallest absolute Gasteiger partial charge is 0.0125 e. The zero-order valence-corrected chi connectivity index (χ0v) is 10.8. The van der Waals surface area contributed by atoms with Gasteiger partial charge in [-0.3, -0.25) is 4.90 Å². The van der Waals surface area contributed by atoms with Crippen molar-refractivity contribution >= 4 is 0 Å². The Morgan fingerprint density at radius 3 is 2.27 bits per heavy atom. The Balaban J connectivity index is 2.03. The summed E-state index contributed by atoms with van der Waals surface area (Å²) in [6.45, 7) is 9.81. The fourth-order valence-corrected chi connectivity index (χ4v) is 3.35. The molecule has 1 aliphatic carbocycles. The standard InChI is InChI=1S/C14H27N/c1-14(2,3)15-9-8-12-6-4-5-7-13(10-12)11-15/h12-13H,4-11H2,1-3H3. The molecule has 88 valence electrons. The van der Waals surface area contributed by atoms with Gasteiger partial charge in [0.05, 0.1) is 0 Å². The molecule has 0 amide bonds. The van der Waals surface area contributed by atoms with E-state index in [0.29, 0.717) is 5.54 Å². The Labute approximate surface area is 95.2 Å². The van der Waals surface area contributed by atoms with Gasteiger partial charge in [0.1, 0.15) is 0 Å². The molecule has 1 heterocycles. The lowest BCUT2D eigenvalue weighted by atomic mass is 9.92. The van der Waals surface area contributed by atoms with E-state index in [1.165, 1.54) is 51.6 Å². The highest BCUT2D eigenvalue weighted by atomic mass is 15.2. The fourth-order valence-electron chi connectivity index (χ4n) is 3.35. The highest BCUT2D eigenvalue weighted by Gasteiger charge is 2.30. The van der Waals surface area contributed by atoms with Crippen LogP contribution in [0.3, 0.4) is 0 Å². The quantitative estimate of drug-likeness (QED) is 0.588. The number of likely N-dealkylation sites (tertiary alicyclic amines) is 1. The molecule has 0 spiro atoms. The van der Waals surface area contributed by atoms with Crippen LogP contribution in [-0.4, -0.2) is 23.5 Å². The summed E-state index contributed by atoms with van der Waals surface area (Å²) < 4.78 is 0. The van der Waals surface area contributed by atoms with Crippen LogP contribution in [0.25, 0.3) is 0 Å². The minimum absolute atomic E-state index is 0.381. The van der Waals surface area contributed by atoms with Gasteiger partial charge in [-0.2, -0.15) is 0 Å². The van der Waals surface area contributed by atoms with Crippen molar-refractivity contribution in [1.29, 1.82) is 0 Å². The van der Waals surface area contributed by atoms with Gasteiger partial charge in [-0.15, -0.1) is 0 Å². The predicted octanol–water partition coefficient (Wildman–Crippen LogP) is 3.69. The lowest BCUT2D eigenvalue weighted by Gasteiger charge is -2.36. The van der Waals surface area contributed by atoms with Crippen molar-refractivity contribution in [3.63, 3.8) is 0 Å². The largest absolute Gasteiger partial charge is 0.298 e. The maximum absolute atomic E-state index is 2.73. The second kappa shape index (κ2) is 4.45. The van der Waals surface area contributed by atoms with Crippen molar-refractivity contribution in [2.24, 2.45) is 11.8 Å². The molecule has 0 aromatic heterocycles. The van der Waals surface area contributed by atoms with Gasteiger partial charge < -0.3 is 0 Å². The highest BCUT2D eigenvalue weighted by molar-refractivity contribution is 4.85. The third-order valence-corrected chi connectivity index (χ3v) is 4.38. The molecule has 1 aliphatic heterocycles. The molecule has 2 unspecified atom stereocenters. The summed E-state index contributed by atoms with van der Waals surface area (Å²) in [7, 11) is 0. The summed E-state index contributed by atoms with van der Waals surface area (Å²) in [5.74, 6) is 2.05. The molecular weight excluding hydrogens is 182 g/mol. The van der Waals surface area contributed by atoms with Crippen LogP contribution in [0.4, 0.5) is 0 Å². The molecule has 15 heavy (non-hydrogen) atoms. The van der Waals surface area contributed by atoms with Crippen molar-refractivity contribution in [2.45, 2.75) is 64.8 Å². The first-order valence-corrected chi connectivity index (χ1v) is 6.81. The first kappa shape index (κ1) is 11.4. The summed E-state index contributed by atoms with van der Waals surface area (Å²) >= 11 is 0. The minimum atomic E-state index is 0.381. The fraction of sp³-hybridized carbons (Fsp3) is 1.00. The second-order valence-corrected chi connectivity index (χ2v) is 6.66.